The molecule has 0 aliphatic heterocycles. The zero-order valence-electron chi connectivity index (χ0n) is 11.3. The van der Waals surface area contributed by atoms with Crippen molar-refractivity contribution in [1.82, 2.24) is 9.88 Å². The Morgan fingerprint density at radius 3 is 2.56 bits per heavy atom. The van der Waals surface area contributed by atoms with Crippen LogP contribution in [0, 0.1) is 5.41 Å². The Kier molecular flexibility index (Phi) is 5.07. The van der Waals surface area contributed by atoms with Crippen LogP contribution in [0.15, 0.2) is 24.5 Å². The van der Waals surface area contributed by atoms with Crippen molar-refractivity contribution in [3.8, 4) is 0 Å². The fraction of sp³-hybridized carbons (Fsp3) is 0.667. The van der Waals surface area contributed by atoms with Crippen LogP contribution in [0.25, 0.3) is 0 Å². The lowest BCUT2D eigenvalue weighted by molar-refractivity contribution is 0.203. The molecule has 1 heterocycles. The lowest BCUT2D eigenvalue weighted by Crippen LogP contribution is -2.36. The van der Waals surface area contributed by atoms with E-state index in [0.717, 1.165) is 18.7 Å². The molecule has 1 saturated carbocycles. The van der Waals surface area contributed by atoms with Crippen molar-refractivity contribution < 1.29 is 0 Å². The first kappa shape index (κ1) is 13.9. The minimum Gasteiger partial charge on any atom is -0.305 e. The van der Waals surface area contributed by atoms with Crippen LogP contribution in [0.5, 0.6) is 0 Å². The molecule has 0 saturated heterocycles. The molecule has 1 fully saturated rings. The summed E-state index contributed by atoms with van der Waals surface area (Å²) in [5.74, 6) is 1.03. The molecule has 0 aromatic carbocycles. The van der Waals surface area contributed by atoms with Gasteiger partial charge in [0.05, 0.1) is 0 Å². The van der Waals surface area contributed by atoms with Gasteiger partial charge in [-0.05, 0) is 55.2 Å². The van der Waals surface area contributed by atoms with E-state index >= 15 is 0 Å². The summed E-state index contributed by atoms with van der Waals surface area (Å²) < 4.78 is 0. The Morgan fingerprint density at radius 1 is 1.28 bits per heavy atom. The van der Waals surface area contributed by atoms with Gasteiger partial charge in [-0.2, -0.15) is 12.6 Å². The molecule has 2 rings (SSSR count). The molecular weight excluding hydrogens is 240 g/mol. The van der Waals surface area contributed by atoms with Gasteiger partial charge in [0.1, 0.15) is 0 Å². The fourth-order valence-electron chi connectivity index (χ4n) is 3.01. The first-order valence-corrected chi connectivity index (χ1v) is 7.56. The normalized spacial score (nSPS) is 18.4. The molecule has 1 aliphatic rings. The van der Waals surface area contributed by atoms with Crippen molar-refractivity contribution in [2.45, 2.75) is 32.1 Å². The van der Waals surface area contributed by atoms with Crippen LogP contribution in [0.4, 0.5) is 0 Å². The summed E-state index contributed by atoms with van der Waals surface area (Å²) in [5.41, 5.74) is 1.86. The van der Waals surface area contributed by atoms with Crippen molar-refractivity contribution in [2.75, 3.05) is 25.9 Å². The van der Waals surface area contributed by atoms with E-state index in [1.165, 1.54) is 37.8 Å². The maximum atomic E-state index is 4.58. The van der Waals surface area contributed by atoms with Crippen molar-refractivity contribution in [1.29, 1.82) is 0 Å². The Morgan fingerprint density at radius 2 is 1.94 bits per heavy atom. The van der Waals surface area contributed by atoms with Gasteiger partial charge >= 0.3 is 0 Å². The summed E-state index contributed by atoms with van der Waals surface area (Å²) >= 11 is 4.58. The lowest BCUT2D eigenvalue weighted by Gasteiger charge is -2.32. The predicted molar refractivity (Wildman–Crippen MR) is 80.2 cm³/mol. The molecule has 100 valence electrons. The summed E-state index contributed by atoms with van der Waals surface area (Å²) in [7, 11) is 2.24. The molecule has 0 radical (unpaired) electrons. The molecule has 18 heavy (non-hydrogen) atoms. The van der Waals surface area contributed by atoms with E-state index in [-0.39, 0.29) is 0 Å². The zero-order chi connectivity index (χ0) is 12.8. The quantitative estimate of drug-likeness (QED) is 0.795. The standard InChI is InChI=1S/C15H24N2S/c1-17(11-6-14-4-9-16-10-5-14)12-15(13-18)7-2-3-8-15/h4-5,9-10,18H,2-3,6-8,11-13H2,1H3. The molecule has 0 unspecified atom stereocenters. The monoisotopic (exact) mass is 264 g/mol. The van der Waals surface area contributed by atoms with Crippen LogP contribution in [0.3, 0.4) is 0 Å². The van der Waals surface area contributed by atoms with Gasteiger partial charge < -0.3 is 4.90 Å². The highest BCUT2D eigenvalue weighted by Crippen LogP contribution is 2.39. The van der Waals surface area contributed by atoms with Crippen molar-refractivity contribution >= 4 is 12.6 Å². The van der Waals surface area contributed by atoms with Gasteiger partial charge in [-0.15, -0.1) is 0 Å². The summed E-state index contributed by atoms with van der Waals surface area (Å²) in [6.07, 6.45) is 10.4. The maximum Gasteiger partial charge on any atom is 0.0270 e. The van der Waals surface area contributed by atoms with Crippen molar-refractivity contribution in [3.63, 3.8) is 0 Å². The van der Waals surface area contributed by atoms with Crippen molar-refractivity contribution in [3.05, 3.63) is 30.1 Å². The summed E-state index contributed by atoms with van der Waals surface area (Å²) in [4.78, 5) is 6.53. The van der Waals surface area contributed by atoms with Crippen molar-refractivity contribution in [2.24, 2.45) is 5.41 Å². The second kappa shape index (κ2) is 6.58. The van der Waals surface area contributed by atoms with Crippen LogP contribution < -0.4 is 0 Å². The van der Waals surface area contributed by atoms with Gasteiger partial charge in [-0.3, -0.25) is 4.98 Å². The van der Waals surface area contributed by atoms with E-state index in [2.05, 4.69) is 41.7 Å². The third-order valence-electron chi connectivity index (χ3n) is 4.14. The van der Waals surface area contributed by atoms with E-state index < -0.39 is 0 Å². The second-order valence-corrected chi connectivity index (χ2v) is 6.02. The SMILES string of the molecule is CN(CCc1ccncc1)CC1(CS)CCCC1. The highest BCUT2D eigenvalue weighted by atomic mass is 32.1. The molecule has 1 aromatic heterocycles. The molecule has 2 nitrogen and oxygen atoms in total. The number of rotatable bonds is 6. The molecule has 1 aromatic rings. The summed E-state index contributed by atoms with van der Waals surface area (Å²) in [6, 6.07) is 4.22. The Balaban J connectivity index is 1.79. The number of hydrogen-bond donors (Lipinski definition) is 1. The first-order valence-electron chi connectivity index (χ1n) is 6.92. The van der Waals surface area contributed by atoms with Gasteiger partial charge in [0.25, 0.3) is 0 Å². The van der Waals surface area contributed by atoms with E-state index in [1.807, 2.05) is 12.4 Å². The number of likely N-dealkylation sites (N-methyl/N-ethyl adjacent to an activating group) is 1. The lowest BCUT2D eigenvalue weighted by atomic mass is 9.88. The molecule has 0 bridgehead atoms. The number of hydrogen-bond acceptors (Lipinski definition) is 3. The second-order valence-electron chi connectivity index (χ2n) is 5.71. The fourth-order valence-corrected chi connectivity index (χ4v) is 3.43. The van der Waals surface area contributed by atoms with Crippen LogP contribution in [-0.2, 0) is 6.42 Å². The van der Waals surface area contributed by atoms with Gasteiger partial charge in [0.15, 0.2) is 0 Å². The topological polar surface area (TPSA) is 16.1 Å². The Labute approximate surface area is 116 Å². The minimum absolute atomic E-state index is 0.482. The van der Waals surface area contributed by atoms with Gasteiger partial charge in [-0.25, -0.2) is 0 Å². The largest absolute Gasteiger partial charge is 0.305 e. The Hall–Kier alpha value is -0.540. The van der Waals surface area contributed by atoms with Crippen LogP contribution in [0.2, 0.25) is 0 Å². The van der Waals surface area contributed by atoms with E-state index in [1.54, 1.807) is 0 Å². The van der Waals surface area contributed by atoms with Gasteiger partial charge in [0.2, 0.25) is 0 Å². The first-order chi connectivity index (χ1) is 8.74. The molecule has 1 aliphatic carbocycles. The Bertz CT molecular complexity index is 347. The summed E-state index contributed by atoms with van der Waals surface area (Å²) in [6.45, 7) is 2.32. The van der Waals surface area contributed by atoms with E-state index in [0.29, 0.717) is 5.41 Å². The molecule has 3 heteroatoms. The molecule has 0 N–H and O–H groups in total. The molecular formula is C15H24N2S. The predicted octanol–water partition coefficient (Wildman–Crippen LogP) is 3.05. The number of aromatic nitrogens is 1. The van der Waals surface area contributed by atoms with E-state index in [4.69, 9.17) is 0 Å². The molecule has 0 atom stereocenters. The number of pyridine rings is 1. The minimum atomic E-state index is 0.482. The van der Waals surface area contributed by atoms with E-state index in [9.17, 15) is 0 Å². The zero-order valence-corrected chi connectivity index (χ0v) is 12.2. The van der Waals surface area contributed by atoms with Gasteiger partial charge in [-0.1, -0.05) is 12.8 Å². The van der Waals surface area contributed by atoms with Gasteiger partial charge in [0, 0.05) is 25.5 Å². The highest BCUT2D eigenvalue weighted by molar-refractivity contribution is 7.80. The molecule has 0 amide bonds. The summed E-state index contributed by atoms with van der Waals surface area (Å²) in [5, 5.41) is 0. The average Bonchev–Trinajstić information content (AvgIpc) is 2.87. The highest BCUT2D eigenvalue weighted by Gasteiger charge is 2.33. The smallest absolute Gasteiger partial charge is 0.0270 e. The number of nitrogens with zero attached hydrogens (tertiary/aromatic N) is 2. The van der Waals surface area contributed by atoms with Crippen LogP contribution in [0.1, 0.15) is 31.2 Å². The maximum absolute atomic E-state index is 4.58. The van der Waals surface area contributed by atoms with Crippen LogP contribution >= 0.6 is 12.6 Å². The van der Waals surface area contributed by atoms with Crippen LogP contribution in [-0.4, -0.2) is 35.8 Å². The average molecular weight is 264 g/mol. The third kappa shape index (κ3) is 3.72. The number of thiol groups is 1. The molecule has 0 spiro atoms. The third-order valence-corrected chi connectivity index (χ3v) is 4.81.